The minimum Gasteiger partial charge on any atom is -0.348 e. The molecule has 2 aromatic carbocycles. The molecular weight excluding hydrogens is 352 g/mol. The average Bonchev–Trinajstić information content (AvgIpc) is 3.33. The van der Waals surface area contributed by atoms with E-state index < -0.39 is 0 Å². The minimum atomic E-state index is -0.264. The van der Waals surface area contributed by atoms with Crippen molar-refractivity contribution in [2.75, 3.05) is 0 Å². The summed E-state index contributed by atoms with van der Waals surface area (Å²) in [5.74, 6) is 0.109. The summed E-state index contributed by atoms with van der Waals surface area (Å²) in [5, 5.41) is 7.51. The van der Waals surface area contributed by atoms with Crippen LogP contribution < -0.4 is 10.6 Å². The Hall–Kier alpha value is -2.43. The molecule has 4 rings (SSSR count). The van der Waals surface area contributed by atoms with Crippen molar-refractivity contribution in [1.29, 1.82) is 0 Å². The first-order valence-electron chi connectivity index (χ1n) is 9.51. The standard InChI is InChI=1S/C23H24N2OS/c1-16-9-11-18(12-10-16)21(20-8-5-15-27-20)25-22(17-6-3-2-4-7-17)23(26)24-19-13-14-19/h2-12,15,19,21-22,25H,13-14H2,1H3,(H,24,26)/p+1/t21-,22-/m0/s1. The monoisotopic (exact) mass is 377 g/mol. The van der Waals surface area contributed by atoms with Crippen LogP contribution in [0.1, 0.15) is 46.5 Å². The highest BCUT2D eigenvalue weighted by atomic mass is 32.1. The van der Waals surface area contributed by atoms with E-state index in [0.717, 1.165) is 18.4 Å². The van der Waals surface area contributed by atoms with Gasteiger partial charge in [0.2, 0.25) is 0 Å². The number of benzene rings is 2. The summed E-state index contributed by atoms with van der Waals surface area (Å²) in [7, 11) is 0. The van der Waals surface area contributed by atoms with Crippen molar-refractivity contribution < 1.29 is 10.1 Å². The zero-order valence-corrected chi connectivity index (χ0v) is 16.3. The molecule has 1 aliphatic rings. The summed E-state index contributed by atoms with van der Waals surface area (Å²) >= 11 is 1.74. The molecule has 0 radical (unpaired) electrons. The van der Waals surface area contributed by atoms with Crippen LogP contribution in [0.4, 0.5) is 0 Å². The Bertz CT molecular complexity index is 871. The van der Waals surface area contributed by atoms with Gasteiger partial charge in [0.15, 0.2) is 6.04 Å². The van der Waals surface area contributed by atoms with Gasteiger partial charge in [0.05, 0.1) is 4.88 Å². The van der Waals surface area contributed by atoms with Crippen LogP contribution in [0.3, 0.4) is 0 Å². The number of hydrogen-bond acceptors (Lipinski definition) is 2. The van der Waals surface area contributed by atoms with Gasteiger partial charge in [0.1, 0.15) is 6.04 Å². The van der Waals surface area contributed by atoms with E-state index in [9.17, 15) is 4.79 Å². The lowest BCUT2D eigenvalue weighted by Gasteiger charge is -2.22. The van der Waals surface area contributed by atoms with E-state index in [1.54, 1.807) is 11.3 Å². The molecule has 0 saturated heterocycles. The third kappa shape index (κ3) is 4.46. The summed E-state index contributed by atoms with van der Waals surface area (Å²) in [6.07, 6.45) is 2.19. The molecule has 3 aromatic rings. The van der Waals surface area contributed by atoms with Gasteiger partial charge in [-0.25, -0.2) is 0 Å². The van der Waals surface area contributed by atoms with E-state index in [2.05, 4.69) is 59.3 Å². The van der Waals surface area contributed by atoms with E-state index >= 15 is 0 Å². The molecule has 1 saturated carbocycles. The number of quaternary nitrogens is 1. The zero-order chi connectivity index (χ0) is 18.6. The van der Waals surface area contributed by atoms with Gasteiger partial charge < -0.3 is 10.6 Å². The molecule has 1 heterocycles. The van der Waals surface area contributed by atoms with E-state index in [4.69, 9.17) is 0 Å². The van der Waals surface area contributed by atoms with Gasteiger partial charge in [0.25, 0.3) is 5.91 Å². The van der Waals surface area contributed by atoms with E-state index in [1.807, 2.05) is 30.3 Å². The van der Waals surface area contributed by atoms with Crippen LogP contribution in [-0.4, -0.2) is 11.9 Å². The quantitative estimate of drug-likeness (QED) is 0.647. The second-order valence-corrected chi connectivity index (χ2v) is 8.25. The lowest BCUT2D eigenvalue weighted by atomic mass is 9.99. The summed E-state index contributed by atoms with van der Waals surface area (Å²) in [6, 6.07) is 23.2. The van der Waals surface area contributed by atoms with E-state index in [1.165, 1.54) is 16.0 Å². The van der Waals surface area contributed by atoms with Crippen LogP contribution in [0.2, 0.25) is 0 Å². The lowest BCUT2D eigenvalue weighted by Crippen LogP contribution is -2.88. The third-order valence-corrected chi connectivity index (χ3v) is 5.99. The van der Waals surface area contributed by atoms with Crippen molar-refractivity contribution in [3.8, 4) is 0 Å². The van der Waals surface area contributed by atoms with Crippen LogP contribution in [0.5, 0.6) is 0 Å². The SMILES string of the molecule is Cc1ccc([C@H]([NH2+][C@H](C(=O)NC2CC2)c2ccccc2)c2cccs2)cc1. The Labute approximate surface area is 164 Å². The molecule has 4 heteroatoms. The lowest BCUT2D eigenvalue weighted by molar-refractivity contribution is -0.713. The average molecular weight is 378 g/mol. The second-order valence-electron chi connectivity index (χ2n) is 7.27. The molecule has 1 aliphatic carbocycles. The predicted molar refractivity (Wildman–Crippen MR) is 110 cm³/mol. The van der Waals surface area contributed by atoms with Crippen LogP contribution >= 0.6 is 11.3 Å². The highest BCUT2D eigenvalue weighted by molar-refractivity contribution is 7.10. The van der Waals surface area contributed by atoms with Gasteiger partial charge in [-0.1, -0.05) is 66.2 Å². The summed E-state index contributed by atoms with van der Waals surface area (Å²) in [5.41, 5.74) is 3.52. The van der Waals surface area contributed by atoms with E-state index in [0.29, 0.717) is 6.04 Å². The number of carbonyl (C=O) groups is 1. The molecule has 0 aliphatic heterocycles. The van der Waals surface area contributed by atoms with Crippen molar-refractivity contribution in [2.45, 2.75) is 37.9 Å². The van der Waals surface area contributed by atoms with Crippen molar-refractivity contribution >= 4 is 17.2 Å². The number of amides is 1. The molecule has 1 amide bonds. The van der Waals surface area contributed by atoms with Gasteiger partial charge in [-0.2, -0.15) is 0 Å². The number of rotatable bonds is 7. The molecule has 27 heavy (non-hydrogen) atoms. The maximum absolute atomic E-state index is 13.0. The Kier molecular flexibility index (Phi) is 5.37. The first-order valence-corrected chi connectivity index (χ1v) is 10.4. The van der Waals surface area contributed by atoms with Crippen molar-refractivity contribution in [1.82, 2.24) is 5.32 Å². The van der Waals surface area contributed by atoms with Gasteiger partial charge >= 0.3 is 0 Å². The van der Waals surface area contributed by atoms with Crippen molar-refractivity contribution in [3.63, 3.8) is 0 Å². The largest absolute Gasteiger partial charge is 0.348 e. The second kappa shape index (κ2) is 8.07. The summed E-state index contributed by atoms with van der Waals surface area (Å²) in [4.78, 5) is 14.3. The molecule has 2 atom stereocenters. The number of thiophene rings is 1. The number of carbonyl (C=O) groups excluding carboxylic acids is 1. The maximum Gasteiger partial charge on any atom is 0.283 e. The van der Waals surface area contributed by atoms with Gasteiger partial charge in [-0.15, -0.1) is 11.3 Å². The Balaban J connectivity index is 1.66. The molecule has 138 valence electrons. The molecule has 3 nitrogen and oxygen atoms in total. The molecular formula is C23H25N2OS+. The Morgan fingerprint density at radius 2 is 1.74 bits per heavy atom. The number of aryl methyl sites for hydroxylation is 1. The number of nitrogens with one attached hydrogen (secondary N) is 1. The van der Waals surface area contributed by atoms with Crippen molar-refractivity contribution in [2.24, 2.45) is 0 Å². The summed E-state index contributed by atoms with van der Waals surface area (Å²) in [6.45, 7) is 2.10. The molecule has 0 bridgehead atoms. The highest BCUT2D eigenvalue weighted by Gasteiger charge is 2.33. The summed E-state index contributed by atoms with van der Waals surface area (Å²) < 4.78 is 0. The fourth-order valence-corrected chi connectivity index (χ4v) is 4.17. The fourth-order valence-electron chi connectivity index (χ4n) is 3.33. The first-order chi connectivity index (χ1) is 13.2. The minimum absolute atomic E-state index is 0.0979. The smallest absolute Gasteiger partial charge is 0.283 e. The molecule has 3 N–H and O–H groups in total. The molecule has 1 fully saturated rings. The van der Waals surface area contributed by atoms with Crippen molar-refractivity contribution in [3.05, 3.63) is 93.7 Å². The molecule has 0 spiro atoms. The van der Waals surface area contributed by atoms with Crippen LogP contribution in [0.25, 0.3) is 0 Å². The van der Waals surface area contributed by atoms with Gasteiger partial charge in [-0.05, 0) is 31.2 Å². The third-order valence-electron chi connectivity index (χ3n) is 5.04. The Morgan fingerprint density at radius 3 is 2.37 bits per heavy atom. The normalized spacial score (nSPS) is 15.9. The number of hydrogen-bond donors (Lipinski definition) is 2. The highest BCUT2D eigenvalue weighted by Crippen LogP contribution is 2.25. The van der Waals surface area contributed by atoms with Crippen LogP contribution in [0.15, 0.2) is 72.1 Å². The zero-order valence-electron chi connectivity index (χ0n) is 15.5. The first kappa shape index (κ1) is 18.0. The van der Waals surface area contributed by atoms with E-state index in [-0.39, 0.29) is 18.0 Å². The van der Waals surface area contributed by atoms with Crippen LogP contribution in [-0.2, 0) is 4.79 Å². The maximum atomic E-state index is 13.0. The molecule has 0 unspecified atom stereocenters. The van der Waals surface area contributed by atoms with Crippen LogP contribution in [0, 0.1) is 6.92 Å². The predicted octanol–water partition coefficient (Wildman–Crippen LogP) is 3.73. The number of nitrogens with two attached hydrogens (primary N) is 1. The fraction of sp³-hybridized carbons (Fsp3) is 0.261. The Morgan fingerprint density at radius 1 is 1.00 bits per heavy atom. The van der Waals surface area contributed by atoms with Gasteiger partial charge in [-0.3, -0.25) is 4.79 Å². The van der Waals surface area contributed by atoms with Gasteiger partial charge in [0, 0.05) is 17.2 Å². The molecule has 1 aromatic heterocycles. The topological polar surface area (TPSA) is 45.7 Å².